The minimum Gasteiger partial charge on any atom is -0.493 e. The highest BCUT2D eigenvalue weighted by Crippen LogP contribution is 2.34. The van der Waals surface area contributed by atoms with Crippen molar-refractivity contribution >= 4 is 36.0 Å². The van der Waals surface area contributed by atoms with Gasteiger partial charge in [0.05, 0.1) is 29.5 Å². The molecule has 0 unspecified atom stereocenters. The Morgan fingerprint density at radius 1 is 0.873 bits per heavy atom. The normalized spacial score (nSPS) is 13.0. The Morgan fingerprint density at radius 2 is 1.55 bits per heavy atom. The molecule has 1 aliphatic rings. The summed E-state index contributed by atoms with van der Waals surface area (Å²) in [5.41, 5.74) is 7.02. The van der Waals surface area contributed by atoms with E-state index < -0.39 is 0 Å². The van der Waals surface area contributed by atoms with E-state index in [1.165, 1.54) is 16.7 Å². The molecule has 0 radical (unpaired) electrons. The van der Waals surface area contributed by atoms with Gasteiger partial charge >= 0.3 is 0 Å². The predicted octanol–water partition coefficient (Wildman–Crippen LogP) is 9.81. The topological polar surface area (TPSA) is 87.9 Å². The van der Waals surface area contributed by atoms with Crippen LogP contribution in [0.3, 0.4) is 0 Å². The van der Waals surface area contributed by atoms with Crippen molar-refractivity contribution in [1.29, 1.82) is 5.26 Å². The van der Waals surface area contributed by atoms with Crippen molar-refractivity contribution in [2.45, 2.75) is 46.3 Å². The fourth-order valence-electron chi connectivity index (χ4n) is 6.15. The number of rotatable bonds is 14. The van der Waals surface area contributed by atoms with Gasteiger partial charge in [-0.2, -0.15) is 5.26 Å². The number of halogens is 2. The summed E-state index contributed by atoms with van der Waals surface area (Å²) in [7, 11) is 0. The first kappa shape index (κ1) is 40.8. The SMILES string of the molecule is Cc1cc(/C=C/C(=O)N2CCN(Cc3ccc(CCOc4ccc(C(C)C)cc4)cc3)CC2)cc(Cl)c1Oc1ccc(OCc2ccc(C#N)cc2)cn1.Cl. The van der Waals surface area contributed by atoms with Gasteiger partial charge in [0.25, 0.3) is 0 Å². The average Bonchev–Trinajstić information content (AvgIpc) is 3.19. The van der Waals surface area contributed by atoms with E-state index in [0.717, 1.165) is 48.5 Å². The number of amides is 1. The molecule has 0 N–H and O–H groups in total. The van der Waals surface area contributed by atoms with Crippen molar-refractivity contribution in [2.24, 2.45) is 0 Å². The van der Waals surface area contributed by atoms with E-state index in [9.17, 15) is 4.79 Å². The van der Waals surface area contributed by atoms with Gasteiger partial charge in [-0.1, -0.05) is 74.0 Å². The molecule has 55 heavy (non-hydrogen) atoms. The Bertz CT molecular complexity index is 2050. The Morgan fingerprint density at radius 3 is 2.18 bits per heavy atom. The van der Waals surface area contributed by atoms with Crippen LogP contribution >= 0.6 is 24.0 Å². The van der Waals surface area contributed by atoms with Gasteiger partial charge in [0, 0.05) is 51.3 Å². The molecule has 0 atom stereocenters. The van der Waals surface area contributed by atoms with E-state index in [2.05, 4.69) is 78.3 Å². The van der Waals surface area contributed by atoms with Crippen LogP contribution in [0.4, 0.5) is 0 Å². The maximum atomic E-state index is 13.1. The molecule has 10 heteroatoms. The van der Waals surface area contributed by atoms with Crippen LogP contribution in [0, 0.1) is 18.3 Å². The second-order valence-electron chi connectivity index (χ2n) is 13.8. The van der Waals surface area contributed by atoms with Gasteiger partial charge in [-0.05, 0) is 94.8 Å². The number of aromatic nitrogens is 1. The number of nitriles is 1. The van der Waals surface area contributed by atoms with Crippen molar-refractivity contribution in [2.75, 3.05) is 32.8 Å². The Hall–Kier alpha value is -5.33. The van der Waals surface area contributed by atoms with E-state index in [-0.39, 0.29) is 18.3 Å². The first-order chi connectivity index (χ1) is 26.2. The molecular weight excluding hydrogens is 731 g/mol. The molecule has 5 aromatic rings. The quantitative estimate of drug-likeness (QED) is 0.104. The number of benzene rings is 4. The maximum Gasteiger partial charge on any atom is 0.246 e. The minimum absolute atomic E-state index is 0. The van der Waals surface area contributed by atoms with Gasteiger partial charge in [0.2, 0.25) is 11.8 Å². The number of ether oxygens (including phenoxy) is 3. The van der Waals surface area contributed by atoms with Crippen LogP contribution in [0.5, 0.6) is 23.1 Å². The lowest BCUT2D eigenvalue weighted by atomic mass is 10.0. The number of nitrogens with zero attached hydrogens (tertiary/aromatic N) is 4. The molecule has 1 fully saturated rings. The van der Waals surface area contributed by atoms with Crippen molar-refractivity contribution in [3.8, 4) is 29.2 Å². The van der Waals surface area contributed by atoms with Crippen LogP contribution in [-0.2, 0) is 24.4 Å². The molecule has 8 nitrogen and oxygen atoms in total. The number of hydrogen-bond donors (Lipinski definition) is 0. The third-order valence-electron chi connectivity index (χ3n) is 9.39. The molecule has 0 bridgehead atoms. The second-order valence-corrected chi connectivity index (χ2v) is 14.2. The number of pyridine rings is 1. The summed E-state index contributed by atoms with van der Waals surface area (Å²) in [5.74, 6) is 2.88. The third kappa shape index (κ3) is 11.8. The summed E-state index contributed by atoms with van der Waals surface area (Å²) in [6, 6.07) is 33.7. The van der Waals surface area contributed by atoms with Crippen LogP contribution in [0.25, 0.3) is 6.08 Å². The molecule has 2 heterocycles. The summed E-state index contributed by atoms with van der Waals surface area (Å²) in [4.78, 5) is 21.7. The minimum atomic E-state index is -0.0168. The highest BCUT2D eigenvalue weighted by molar-refractivity contribution is 6.32. The average molecular weight is 778 g/mol. The maximum absolute atomic E-state index is 13.1. The summed E-state index contributed by atoms with van der Waals surface area (Å²) in [6.07, 6.45) is 5.86. The first-order valence-electron chi connectivity index (χ1n) is 18.3. The third-order valence-corrected chi connectivity index (χ3v) is 9.67. The smallest absolute Gasteiger partial charge is 0.246 e. The number of carbonyl (C=O) groups excluding carboxylic acids is 1. The second kappa shape index (κ2) is 19.8. The van der Waals surface area contributed by atoms with Gasteiger partial charge in [0.15, 0.2) is 5.75 Å². The first-order valence-corrected chi connectivity index (χ1v) is 18.7. The molecule has 1 amide bonds. The lowest BCUT2D eigenvalue weighted by Crippen LogP contribution is -2.47. The standard InChI is InChI=1S/C45H45ClN4O4.ClH/c1-32(2)39-13-15-40(16-14-39)52-25-20-34-4-8-36(9-5-34)30-49-21-23-50(24-22-49)44(51)19-12-38-26-33(3)45(42(46)27-38)54-43-18-17-41(29-48-43)53-31-37-10-6-35(28-47)7-11-37;/h4-19,26-27,29,32H,20-25,30-31H2,1-3H3;1H/b19-12+;. The fraction of sp³-hybridized carbons (Fsp3) is 0.267. The molecule has 1 aromatic heterocycles. The predicted molar refractivity (Wildman–Crippen MR) is 220 cm³/mol. The van der Waals surface area contributed by atoms with Gasteiger partial charge in [-0.25, -0.2) is 4.98 Å². The Labute approximate surface area is 335 Å². The van der Waals surface area contributed by atoms with Gasteiger partial charge in [-0.15, -0.1) is 12.4 Å². The van der Waals surface area contributed by atoms with Crippen LogP contribution in [0.15, 0.2) is 109 Å². The summed E-state index contributed by atoms with van der Waals surface area (Å²) in [5, 5.41) is 9.38. The van der Waals surface area contributed by atoms with Crippen LogP contribution in [0.1, 0.15) is 58.7 Å². The Balaban J connectivity index is 0.00000580. The highest BCUT2D eigenvalue weighted by atomic mass is 35.5. The number of piperazine rings is 1. The van der Waals surface area contributed by atoms with E-state index >= 15 is 0 Å². The summed E-state index contributed by atoms with van der Waals surface area (Å²) < 4.78 is 17.8. The molecule has 4 aromatic carbocycles. The van der Waals surface area contributed by atoms with Gasteiger partial charge < -0.3 is 19.1 Å². The van der Waals surface area contributed by atoms with E-state index in [0.29, 0.717) is 60.2 Å². The molecule has 284 valence electrons. The highest BCUT2D eigenvalue weighted by Gasteiger charge is 2.20. The molecule has 0 spiro atoms. The monoisotopic (exact) mass is 776 g/mol. The van der Waals surface area contributed by atoms with Crippen LogP contribution < -0.4 is 14.2 Å². The summed E-state index contributed by atoms with van der Waals surface area (Å²) >= 11 is 6.63. The van der Waals surface area contributed by atoms with Crippen LogP contribution in [-0.4, -0.2) is 53.5 Å². The van der Waals surface area contributed by atoms with Crippen molar-refractivity contribution in [3.05, 3.63) is 153 Å². The zero-order valence-corrected chi connectivity index (χ0v) is 33.0. The van der Waals surface area contributed by atoms with Crippen molar-refractivity contribution < 1.29 is 19.0 Å². The molecule has 0 saturated carbocycles. The number of hydrogen-bond acceptors (Lipinski definition) is 7. The van der Waals surface area contributed by atoms with E-state index in [4.69, 9.17) is 31.1 Å². The number of carbonyl (C=O) groups is 1. The Kier molecular flexibility index (Phi) is 14.7. The van der Waals surface area contributed by atoms with Crippen molar-refractivity contribution in [3.63, 3.8) is 0 Å². The largest absolute Gasteiger partial charge is 0.493 e. The number of aryl methyl sites for hydroxylation is 1. The lowest BCUT2D eigenvalue weighted by molar-refractivity contribution is -0.127. The molecule has 6 rings (SSSR count). The zero-order valence-electron chi connectivity index (χ0n) is 31.4. The molecule has 1 aliphatic heterocycles. The lowest BCUT2D eigenvalue weighted by Gasteiger charge is -2.34. The molecule has 0 aliphatic carbocycles. The molecule has 1 saturated heterocycles. The zero-order chi connectivity index (χ0) is 37.9. The van der Waals surface area contributed by atoms with Crippen molar-refractivity contribution in [1.82, 2.24) is 14.8 Å². The van der Waals surface area contributed by atoms with Gasteiger partial charge in [-0.3, -0.25) is 9.69 Å². The van der Waals surface area contributed by atoms with Crippen LogP contribution in [0.2, 0.25) is 5.02 Å². The molecular formula is C45H46Cl2N4O4. The van der Waals surface area contributed by atoms with E-state index in [1.807, 2.05) is 30.0 Å². The summed E-state index contributed by atoms with van der Waals surface area (Å²) in [6.45, 7) is 11.1. The fourth-order valence-corrected chi connectivity index (χ4v) is 6.46. The van der Waals surface area contributed by atoms with Gasteiger partial charge in [0.1, 0.15) is 18.1 Å². The van der Waals surface area contributed by atoms with E-state index in [1.54, 1.807) is 48.7 Å².